The largest absolute Gasteiger partial charge is 0.367 e. The molecule has 2 atom stereocenters. The molecular formula is C16H20N4. The summed E-state index contributed by atoms with van der Waals surface area (Å²) in [6.45, 7) is 4.87. The number of aryl methyl sites for hydroxylation is 1. The quantitative estimate of drug-likeness (QED) is 0.874. The van der Waals surface area contributed by atoms with Crippen LogP contribution >= 0.6 is 0 Å². The second kappa shape index (κ2) is 5.49. The topological polar surface area (TPSA) is 49.8 Å². The first kappa shape index (κ1) is 12.9. The summed E-state index contributed by atoms with van der Waals surface area (Å²) in [6, 6.07) is 13.1. The summed E-state index contributed by atoms with van der Waals surface area (Å²) in [5.41, 5.74) is 2.39. The van der Waals surface area contributed by atoms with Gasteiger partial charge in [-0.3, -0.25) is 0 Å². The van der Waals surface area contributed by atoms with Gasteiger partial charge in [0.15, 0.2) is 0 Å². The third kappa shape index (κ3) is 2.90. The van der Waals surface area contributed by atoms with Crippen LogP contribution in [-0.2, 0) is 0 Å². The Labute approximate surface area is 119 Å². The summed E-state index contributed by atoms with van der Waals surface area (Å²) < 4.78 is 0. The lowest BCUT2D eigenvalue weighted by atomic mass is 10.1. The molecule has 1 saturated carbocycles. The number of nitrogens with one attached hydrogen (secondary N) is 2. The fraction of sp³-hybridized carbons (Fsp3) is 0.375. The van der Waals surface area contributed by atoms with Gasteiger partial charge in [0.05, 0.1) is 0 Å². The Morgan fingerprint density at radius 3 is 2.75 bits per heavy atom. The summed E-state index contributed by atoms with van der Waals surface area (Å²) in [6.07, 6.45) is 1.17. The van der Waals surface area contributed by atoms with Crippen molar-refractivity contribution in [1.82, 2.24) is 9.97 Å². The molecule has 2 unspecified atom stereocenters. The molecule has 4 nitrogen and oxygen atoms in total. The lowest BCUT2D eigenvalue weighted by Gasteiger charge is -2.09. The molecular weight excluding hydrogens is 248 g/mol. The number of aromatic nitrogens is 2. The van der Waals surface area contributed by atoms with E-state index >= 15 is 0 Å². The van der Waals surface area contributed by atoms with E-state index in [9.17, 15) is 0 Å². The van der Waals surface area contributed by atoms with Gasteiger partial charge in [-0.2, -0.15) is 4.98 Å². The lowest BCUT2D eigenvalue weighted by molar-refractivity contribution is 1.00. The maximum atomic E-state index is 4.50. The molecule has 1 aromatic carbocycles. The van der Waals surface area contributed by atoms with Crippen molar-refractivity contribution in [1.29, 1.82) is 0 Å². The normalized spacial score (nSPS) is 20.5. The average Bonchev–Trinajstić information content (AvgIpc) is 3.19. The van der Waals surface area contributed by atoms with Gasteiger partial charge in [0.1, 0.15) is 5.82 Å². The fourth-order valence-electron chi connectivity index (χ4n) is 2.49. The smallest absolute Gasteiger partial charge is 0.224 e. The van der Waals surface area contributed by atoms with Gasteiger partial charge in [-0.25, -0.2) is 4.98 Å². The Morgan fingerprint density at radius 1 is 1.20 bits per heavy atom. The number of benzene rings is 1. The van der Waals surface area contributed by atoms with E-state index in [1.54, 1.807) is 0 Å². The van der Waals surface area contributed by atoms with Crippen LogP contribution in [0.5, 0.6) is 0 Å². The summed E-state index contributed by atoms with van der Waals surface area (Å²) in [7, 11) is 0. The van der Waals surface area contributed by atoms with Gasteiger partial charge in [-0.05, 0) is 25.8 Å². The van der Waals surface area contributed by atoms with Crippen LogP contribution in [0.25, 0.3) is 0 Å². The minimum atomic E-state index is 0.487. The van der Waals surface area contributed by atoms with Crippen molar-refractivity contribution >= 4 is 11.8 Å². The molecule has 0 saturated heterocycles. The second-order valence-corrected chi connectivity index (χ2v) is 5.25. The number of anilines is 2. The Bertz CT molecular complexity index is 582. The zero-order valence-electron chi connectivity index (χ0n) is 11.9. The van der Waals surface area contributed by atoms with E-state index in [0.29, 0.717) is 17.9 Å². The van der Waals surface area contributed by atoms with Crippen LogP contribution in [0.1, 0.15) is 30.5 Å². The molecule has 0 spiro atoms. The molecule has 0 radical (unpaired) electrons. The van der Waals surface area contributed by atoms with Crippen molar-refractivity contribution < 1.29 is 0 Å². The highest BCUT2D eigenvalue weighted by atomic mass is 15.2. The zero-order chi connectivity index (χ0) is 13.9. The van der Waals surface area contributed by atoms with Crippen molar-refractivity contribution in [2.45, 2.75) is 32.2 Å². The molecule has 0 amide bonds. The summed E-state index contributed by atoms with van der Waals surface area (Å²) in [4.78, 5) is 8.86. The van der Waals surface area contributed by atoms with Crippen LogP contribution in [0.4, 0.5) is 11.8 Å². The predicted molar refractivity (Wildman–Crippen MR) is 82.1 cm³/mol. The summed E-state index contributed by atoms with van der Waals surface area (Å²) >= 11 is 0. The molecule has 2 N–H and O–H groups in total. The molecule has 104 valence electrons. The number of nitrogens with zero attached hydrogens (tertiary/aromatic N) is 2. The Kier molecular flexibility index (Phi) is 3.54. The number of rotatable bonds is 5. The van der Waals surface area contributed by atoms with Gasteiger partial charge in [-0.1, -0.05) is 30.3 Å². The van der Waals surface area contributed by atoms with E-state index in [0.717, 1.165) is 18.1 Å². The number of hydrogen-bond donors (Lipinski definition) is 2. The highest BCUT2D eigenvalue weighted by Gasteiger charge is 2.38. The molecule has 0 aliphatic heterocycles. The molecule has 1 aliphatic rings. The van der Waals surface area contributed by atoms with Crippen LogP contribution in [0.3, 0.4) is 0 Å². The first-order chi connectivity index (χ1) is 9.76. The van der Waals surface area contributed by atoms with E-state index in [4.69, 9.17) is 0 Å². The van der Waals surface area contributed by atoms with E-state index in [2.05, 4.69) is 50.9 Å². The molecule has 1 aromatic heterocycles. The van der Waals surface area contributed by atoms with E-state index < -0.39 is 0 Å². The van der Waals surface area contributed by atoms with Gasteiger partial charge >= 0.3 is 0 Å². The van der Waals surface area contributed by atoms with Crippen molar-refractivity contribution in [2.24, 2.45) is 0 Å². The van der Waals surface area contributed by atoms with Crippen molar-refractivity contribution in [2.75, 3.05) is 17.2 Å². The first-order valence-electron chi connectivity index (χ1n) is 7.17. The molecule has 3 rings (SSSR count). The number of hydrogen-bond acceptors (Lipinski definition) is 4. The lowest BCUT2D eigenvalue weighted by Crippen LogP contribution is -2.09. The van der Waals surface area contributed by atoms with Crippen LogP contribution < -0.4 is 10.6 Å². The van der Waals surface area contributed by atoms with Crippen LogP contribution in [0, 0.1) is 6.92 Å². The highest BCUT2D eigenvalue weighted by Crippen LogP contribution is 2.42. The van der Waals surface area contributed by atoms with Gasteiger partial charge < -0.3 is 10.6 Å². The Balaban J connectivity index is 1.68. The molecule has 4 heteroatoms. The van der Waals surface area contributed by atoms with Crippen LogP contribution in [0.15, 0.2) is 36.4 Å². The fourth-order valence-corrected chi connectivity index (χ4v) is 2.49. The molecule has 1 fully saturated rings. The van der Waals surface area contributed by atoms with E-state index in [1.165, 1.54) is 12.0 Å². The maximum absolute atomic E-state index is 4.50. The minimum absolute atomic E-state index is 0.487. The first-order valence-corrected chi connectivity index (χ1v) is 7.17. The summed E-state index contributed by atoms with van der Waals surface area (Å²) in [5.74, 6) is 2.22. The Morgan fingerprint density at radius 2 is 2.00 bits per heavy atom. The highest BCUT2D eigenvalue weighted by molar-refractivity contribution is 5.46. The van der Waals surface area contributed by atoms with Crippen molar-refractivity contribution in [3.8, 4) is 0 Å². The monoisotopic (exact) mass is 268 g/mol. The molecule has 1 aliphatic carbocycles. The molecule has 20 heavy (non-hydrogen) atoms. The zero-order valence-corrected chi connectivity index (χ0v) is 11.9. The van der Waals surface area contributed by atoms with E-state index in [-0.39, 0.29) is 0 Å². The summed E-state index contributed by atoms with van der Waals surface area (Å²) in [5, 5.41) is 6.68. The van der Waals surface area contributed by atoms with Gasteiger partial charge in [0.25, 0.3) is 0 Å². The third-order valence-corrected chi connectivity index (χ3v) is 3.54. The maximum Gasteiger partial charge on any atom is 0.224 e. The van der Waals surface area contributed by atoms with Gasteiger partial charge in [0, 0.05) is 30.3 Å². The Hall–Kier alpha value is -2.10. The average molecular weight is 268 g/mol. The van der Waals surface area contributed by atoms with Gasteiger partial charge in [-0.15, -0.1) is 0 Å². The minimum Gasteiger partial charge on any atom is -0.367 e. The SMILES string of the molecule is CCNc1nc(C)cc(NC2CC2c2ccccc2)n1. The van der Waals surface area contributed by atoms with E-state index in [1.807, 2.05) is 19.9 Å². The molecule has 1 heterocycles. The molecule has 0 bridgehead atoms. The predicted octanol–water partition coefficient (Wildman–Crippen LogP) is 3.18. The van der Waals surface area contributed by atoms with Crippen LogP contribution in [-0.4, -0.2) is 22.6 Å². The second-order valence-electron chi connectivity index (χ2n) is 5.25. The van der Waals surface area contributed by atoms with Crippen molar-refractivity contribution in [3.05, 3.63) is 47.7 Å². The standard InChI is InChI=1S/C16H20N4/c1-3-17-16-18-11(2)9-15(20-16)19-14-10-13(14)12-7-5-4-6-8-12/h4-9,13-14H,3,10H2,1-2H3,(H2,17,18,19,20). The molecule has 2 aromatic rings. The van der Waals surface area contributed by atoms with Gasteiger partial charge in [0.2, 0.25) is 5.95 Å². The van der Waals surface area contributed by atoms with Crippen molar-refractivity contribution in [3.63, 3.8) is 0 Å². The van der Waals surface area contributed by atoms with Crippen LogP contribution in [0.2, 0.25) is 0 Å². The third-order valence-electron chi connectivity index (χ3n) is 3.54.